The molecule has 4 aliphatic heterocycles. The van der Waals surface area contributed by atoms with E-state index in [1.54, 1.807) is 31.2 Å². The van der Waals surface area contributed by atoms with E-state index >= 15 is 0 Å². The molecule has 0 radical (unpaired) electrons. The third-order valence-electron chi connectivity index (χ3n) is 13.0. The lowest BCUT2D eigenvalue weighted by molar-refractivity contribution is 0.0719. The SMILES string of the molecule is CCCN1CCC(Oc2cc(F)ccc2C(=O)N2Cc3nn4c(C)c(Cl)cnc4c3C2)CC1.CCCN1CCC(Oc2cc(F)ccc2C(=O)N2Cc3nn4cc(Cl)c(C)nc4c3C2)CC1. The van der Waals surface area contributed by atoms with Crippen LogP contribution >= 0.6 is 23.2 Å². The van der Waals surface area contributed by atoms with Crippen molar-refractivity contribution in [3.63, 3.8) is 0 Å². The highest BCUT2D eigenvalue weighted by atomic mass is 35.5. The molecule has 0 spiro atoms. The largest absolute Gasteiger partial charge is 0.489 e. The first-order valence-electron chi connectivity index (χ1n) is 22.9. The van der Waals surface area contributed by atoms with Crippen molar-refractivity contribution in [2.24, 2.45) is 0 Å². The van der Waals surface area contributed by atoms with Gasteiger partial charge in [-0.2, -0.15) is 10.2 Å². The van der Waals surface area contributed by atoms with Crippen molar-refractivity contribution < 1.29 is 27.8 Å². The molecular weight excluding hydrogens is 889 g/mol. The van der Waals surface area contributed by atoms with Gasteiger partial charge in [-0.15, -0.1) is 0 Å². The van der Waals surface area contributed by atoms with Gasteiger partial charge in [0.05, 0.1) is 76.3 Å². The Morgan fingerprint density at radius 1 is 0.697 bits per heavy atom. The van der Waals surface area contributed by atoms with Gasteiger partial charge < -0.3 is 29.1 Å². The summed E-state index contributed by atoms with van der Waals surface area (Å²) in [7, 11) is 0. The van der Waals surface area contributed by atoms with Gasteiger partial charge in [-0.05, 0) is 89.7 Å². The summed E-state index contributed by atoms with van der Waals surface area (Å²) in [5.41, 5.74) is 7.12. The van der Waals surface area contributed by atoms with E-state index in [1.165, 1.54) is 36.4 Å². The van der Waals surface area contributed by atoms with Gasteiger partial charge in [-0.1, -0.05) is 37.0 Å². The standard InChI is InChI=1S/2C24H27ClFN5O2/c1-3-8-29-9-6-17(7-10-29)33-22-11-16(26)4-5-18(22)24(32)30-13-19-21(14-30)28-31-15(2)20(25)12-27-23(19)31;1-3-8-29-9-6-17(7-10-29)33-22-11-16(26)4-5-18(22)24(32)30-12-19-21(14-30)28-31-13-20(25)15(2)27-23(19)31/h4-5,11-12,17H,3,6-10,13-14H2,1-2H3;4-5,11,13,17H,3,6-10,12,14H2,1-2H3. The molecule has 2 fully saturated rings. The summed E-state index contributed by atoms with van der Waals surface area (Å²) >= 11 is 12.3. The van der Waals surface area contributed by atoms with Crippen molar-refractivity contribution in [1.82, 2.24) is 48.8 Å². The molecule has 0 unspecified atom stereocenters. The Morgan fingerprint density at radius 2 is 1.20 bits per heavy atom. The fourth-order valence-electron chi connectivity index (χ4n) is 9.39. The summed E-state index contributed by atoms with van der Waals surface area (Å²) in [5, 5.41) is 10.3. The number of halogens is 4. The lowest BCUT2D eigenvalue weighted by Crippen LogP contribution is -2.38. The number of likely N-dealkylation sites (tertiary alicyclic amines) is 2. The molecule has 2 saturated heterocycles. The molecule has 4 aliphatic rings. The topological polar surface area (TPSA) is 126 Å². The second kappa shape index (κ2) is 19.4. The van der Waals surface area contributed by atoms with Crippen LogP contribution in [0.2, 0.25) is 10.0 Å². The summed E-state index contributed by atoms with van der Waals surface area (Å²) < 4.78 is 43.9. The Labute approximate surface area is 392 Å². The van der Waals surface area contributed by atoms with Crippen LogP contribution in [0.25, 0.3) is 11.3 Å². The normalized spacial score (nSPS) is 17.0. The molecule has 0 aliphatic carbocycles. The van der Waals surface area contributed by atoms with E-state index in [9.17, 15) is 18.4 Å². The van der Waals surface area contributed by atoms with Crippen LogP contribution in [0.4, 0.5) is 8.78 Å². The molecule has 4 aromatic heterocycles. The Bertz CT molecular complexity index is 2690. The lowest BCUT2D eigenvalue weighted by Gasteiger charge is -2.32. The van der Waals surface area contributed by atoms with Gasteiger partial charge in [-0.3, -0.25) is 9.59 Å². The highest BCUT2D eigenvalue weighted by Gasteiger charge is 2.34. The van der Waals surface area contributed by atoms with Gasteiger partial charge in [0, 0.05) is 55.6 Å². The number of carbonyl (C=O) groups excluding carboxylic acids is 2. The maximum Gasteiger partial charge on any atom is 0.258 e. The number of rotatable bonds is 10. The summed E-state index contributed by atoms with van der Waals surface area (Å²) in [6.07, 6.45) is 9.01. The van der Waals surface area contributed by atoms with Gasteiger partial charge in [-0.25, -0.2) is 27.8 Å². The Morgan fingerprint density at radius 3 is 1.71 bits per heavy atom. The van der Waals surface area contributed by atoms with E-state index in [1.807, 2.05) is 13.8 Å². The Hall–Kier alpha value is -5.42. The highest BCUT2D eigenvalue weighted by Crippen LogP contribution is 2.34. The minimum atomic E-state index is -0.413. The number of piperidine rings is 2. The molecule has 6 aromatic rings. The summed E-state index contributed by atoms with van der Waals surface area (Å²) in [6, 6.07) is 8.30. The number of nitrogens with zero attached hydrogens (tertiary/aromatic N) is 10. The van der Waals surface area contributed by atoms with E-state index in [0.717, 1.165) is 112 Å². The highest BCUT2D eigenvalue weighted by molar-refractivity contribution is 6.31. The van der Waals surface area contributed by atoms with Crippen molar-refractivity contribution in [3.8, 4) is 11.5 Å². The van der Waals surface area contributed by atoms with Crippen molar-refractivity contribution in [1.29, 1.82) is 0 Å². The van der Waals surface area contributed by atoms with Crippen molar-refractivity contribution in [2.45, 2.75) is 105 Å². The first-order valence-corrected chi connectivity index (χ1v) is 23.6. The lowest BCUT2D eigenvalue weighted by atomic mass is 10.1. The third kappa shape index (κ3) is 9.42. The Balaban J connectivity index is 0.000000166. The number of aryl methyl sites for hydroxylation is 2. The molecule has 10 rings (SSSR count). The number of aromatic nitrogens is 6. The van der Waals surface area contributed by atoms with Crippen LogP contribution in [-0.2, 0) is 26.2 Å². The molecule has 2 aromatic carbocycles. The molecule has 2 amide bonds. The van der Waals surface area contributed by atoms with E-state index in [2.05, 4.69) is 43.8 Å². The van der Waals surface area contributed by atoms with Gasteiger partial charge >= 0.3 is 0 Å². The smallest absolute Gasteiger partial charge is 0.258 e. The van der Waals surface area contributed by atoms with Crippen LogP contribution in [0, 0.1) is 25.5 Å². The van der Waals surface area contributed by atoms with Crippen LogP contribution in [0.1, 0.15) is 107 Å². The monoisotopic (exact) mass is 942 g/mol. The third-order valence-corrected chi connectivity index (χ3v) is 13.7. The number of amides is 2. The molecule has 66 heavy (non-hydrogen) atoms. The van der Waals surface area contributed by atoms with Crippen LogP contribution in [0.3, 0.4) is 0 Å². The molecule has 14 nitrogen and oxygen atoms in total. The first kappa shape index (κ1) is 45.7. The van der Waals surface area contributed by atoms with Crippen molar-refractivity contribution >= 4 is 46.3 Å². The molecule has 0 atom stereocenters. The minimum absolute atomic E-state index is 0.0247. The predicted molar refractivity (Wildman–Crippen MR) is 246 cm³/mol. The molecule has 0 saturated carbocycles. The maximum atomic E-state index is 14.1. The second-order valence-corrected chi connectivity index (χ2v) is 18.5. The van der Waals surface area contributed by atoms with Crippen molar-refractivity contribution in [3.05, 3.63) is 116 Å². The number of benzene rings is 2. The minimum Gasteiger partial charge on any atom is -0.489 e. The Kier molecular flexibility index (Phi) is 13.5. The molecule has 348 valence electrons. The molecular formula is C48H54Cl2F2N10O4. The molecule has 0 N–H and O–H groups in total. The zero-order valence-corrected chi connectivity index (χ0v) is 39.2. The predicted octanol–water partition coefficient (Wildman–Crippen LogP) is 8.48. The quantitative estimate of drug-likeness (QED) is 0.132. The number of hydrogen-bond donors (Lipinski definition) is 0. The average molecular weight is 944 g/mol. The first-order chi connectivity index (χ1) is 31.9. The van der Waals surface area contributed by atoms with Gasteiger partial charge in [0.25, 0.3) is 11.8 Å². The zero-order valence-electron chi connectivity index (χ0n) is 37.7. The van der Waals surface area contributed by atoms with Crippen LogP contribution < -0.4 is 9.47 Å². The van der Waals surface area contributed by atoms with E-state index in [4.69, 9.17) is 32.7 Å². The fourth-order valence-corrected chi connectivity index (χ4v) is 9.65. The number of ether oxygens (including phenoxy) is 2. The van der Waals surface area contributed by atoms with E-state index < -0.39 is 11.6 Å². The molecule has 18 heteroatoms. The summed E-state index contributed by atoms with van der Waals surface area (Å²) in [5.74, 6) is -0.597. The van der Waals surface area contributed by atoms with Gasteiger partial charge in [0.15, 0.2) is 11.3 Å². The number of fused-ring (bicyclic) bond motifs is 6. The van der Waals surface area contributed by atoms with Crippen LogP contribution in [0.15, 0.2) is 48.8 Å². The van der Waals surface area contributed by atoms with Crippen LogP contribution in [-0.4, -0.2) is 112 Å². The maximum absolute atomic E-state index is 14.1. The average Bonchev–Trinajstić information content (AvgIpc) is 4.07. The van der Waals surface area contributed by atoms with Gasteiger partial charge in [0.2, 0.25) is 0 Å². The summed E-state index contributed by atoms with van der Waals surface area (Å²) in [4.78, 5) is 44.0. The molecule has 8 heterocycles. The zero-order chi connectivity index (χ0) is 46.2. The van der Waals surface area contributed by atoms with Crippen LogP contribution in [0.5, 0.6) is 11.5 Å². The van der Waals surface area contributed by atoms with Crippen molar-refractivity contribution in [2.75, 3.05) is 39.3 Å². The number of hydrogen-bond acceptors (Lipinski definition) is 10. The summed E-state index contributed by atoms with van der Waals surface area (Å²) in [6.45, 7) is 15.5. The van der Waals surface area contributed by atoms with Gasteiger partial charge in [0.1, 0.15) is 35.3 Å². The second-order valence-electron chi connectivity index (χ2n) is 17.6. The number of carbonyl (C=O) groups is 2. The molecule has 0 bridgehead atoms. The van der Waals surface area contributed by atoms with E-state index in [0.29, 0.717) is 70.1 Å². The fraction of sp³-hybridized carbons (Fsp3) is 0.458. The van der Waals surface area contributed by atoms with E-state index in [-0.39, 0.29) is 24.0 Å².